The second-order valence-corrected chi connectivity index (χ2v) is 7.37. The molecule has 0 spiro atoms. The van der Waals surface area contributed by atoms with Crippen LogP contribution < -0.4 is 15.0 Å². The van der Waals surface area contributed by atoms with Crippen molar-refractivity contribution in [3.05, 3.63) is 46.6 Å². The maximum Gasteiger partial charge on any atom is 0.268 e. The van der Waals surface area contributed by atoms with Crippen molar-refractivity contribution in [3.8, 4) is 5.75 Å². The number of hydrogen-bond donors (Lipinski definition) is 1. The van der Waals surface area contributed by atoms with E-state index in [9.17, 15) is 14.4 Å². The topological polar surface area (TPSA) is 88.6 Å². The summed E-state index contributed by atoms with van der Waals surface area (Å²) in [6.45, 7) is 3.35. The van der Waals surface area contributed by atoms with Crippen molar-refractivity contribution in [2.75, 3.05) is 16.8 Å². The van der Waals surface area contributed by atoms with E-state index in [0.717, 1.165) is 10.9 Å². The highest BCUT2D eigenvalue weighted by Gasteiger charge is 2.33. The Labute approximate surface area is 171 Å². The third-order valence-corrected chi connectivity index (χ3v) is 4.73. The average molecular weight is 446 g/mol. The third-order valence-electron chi connectivity index (χ3n) is 4.26. The molecule has 0 saturated carbocycles. The molecular formula is C20H20BrN3O4. The number of carbonyl (C=O) groups excluding carboxylic acids is 3. The number of nitrogens with one attached hydrogen (secondary N) is 1. The van der Waals surface area contributed by atoms with Crippen LogP contribution in [-0.2, 0) is 9.59 Å². The molecule has 7 nitrogen and oxygen atoms in total. The van der Waals surface area contributed by atoms with Crippen LogP contribution in [0.3, 0.4) is 0 Å². The number of carbonyl (C=O) groups is 3. The van der Waals surface area contributed by atoms with E-state index in [2.05, 4.69) is 26.2 Å². The number of nitrogens with zero attached hydrogens (tertiary/aromatic N) is 2. The Kier molecular flexibility index (Phi) is 6.08. The van der Waals surface area contributed by atoms with Crippen LogP contribution in [0.5, 0.6) is 5.75 Å². The summed E-state index contributed by atoms with van der Waals surface area (Å²) < 4.78 is 6.42. The lowest BCUT2D eigenvalue weighted by Crippen LogP contribution is -2.47. The molecule has 1 atom stereocenters. The van der Waals surface area contributed by atoms with E-state index in [4.69, 9.17) is 4.74 Å². The number of halogens is 1. The minimum absolute atomic E-state index is 0.0140. The molecule has 3 rings (SSSR count). The zero-order valence-corrected chi connectivity index (χ0v) is 17.2. The van der Waals surface area contributed by atoms with E-state index < -0.39 is 12.0 Å². The summed E-state index contributed by atoms with van der Waals surface area (Å²) in [7, 11) is 0. The second-order valence-electron chi connectivity index (χ2n) is 6.45. The normalized spacial score (nSPS) is 15.6. The van der Waals surface area contributed by atoms with Crippen molar-refractivity contribution in [1.82, 2.24) is 4.98 Å². The minimum Gasteiger partial charge on any atom is -0.479 e. The van der Waals surface area contributed by atoms with Gasteiger partial charge in [0.2, 0.25) is 5.91 Å². The third kappa shape index (κ3) is 4.39. The quantitative estimate of drug-likeness (QED) is 0.686. The molecule has 2 amide bonds. The molecule has 146 valence electrons. The zero-order valence-electron chi connectivity index (χ0n) is 15.6. The smallest absolute Gasteiger partial charge is 0.268 e. The molecule has 2 aromatic rings. The lowest BCUT2D eigenvalue weighted by Gasteiger charge is -2.32. The van der Waals surface area contributed by atoms with E-state index in [-0.39, 0.29) is 18.2 Å². The van der Waals surface area contributed by atoms with Crippen LogP contribution in [0.25, 0.3) is 0 Å². The van der Waals surface area contributed by atoms with Crippen LogP contribution in [0.15, 0.2) is 41.0 Å². The maximum atomic E-state index is 12.6. The van der Waals surface area contributed by atoms with Gasteiger partial charge in [0.15, 0.2) is 11.9 Å². The number of pyridine rings is 1. The Morgan fingerprint density at radius 3 is 2.75 bits per heavy atom. The maximum absolute atomic E-state index is 12.6. The Morgan fingerprint density at radius 1 is 1.29 bits per heavy atom. The molecule has 28 heavy (non-hydrogen) atoms. The molecule has 1 aromatic heterocycles. The summed E-state index contributed by atoms with van der Waals surface area (Å²) in [5, 5.41) is 2.67. The van der Waals surface area contributed by atoms with Crippen LogP contribution in [0.4, 0.5) is 11.5 Å². The van der Waals surface area contributed by atoms with Gasteiger partial charge in [-0.15, -0.1) is 0 Å². The van der Waals surface area contributed by atoms with Gasteiger partial charge in [0, 0.05) is 22.7 Å². The fourth-order valence-corrected chi connectivity index (χ4v) is 3.13. The van der Waals surface area contributed by atoms with Gasteiger partial charge in [-0.1, -0.05) is 6.92 Å². The van der Waals surface area contributed by atoms with Crippen LogP contribution in [0, 0.1) is 0 Å². The van der Waals surface area contributed by atoms with Crippen molar-refractivity contribution in [2.45, 2.75) is 32.8 Å². The highest BCUT2D eigenvalue weighted by molar-refractivity contribution is 9.10. The number of fused-ring (bicyclic) bond motifs is 1. The zero-order chi connectivity index (χ0) is 20.3. The molecule has 1 N–H and O–H groups in total. The van der Waals surface area contributed by atoms with Crippen molar-refractivity contribution >= 4 is 45.0 Å². The monoisotopic (exact) mass is 445 g/mol. The van der Waals surface area contributed by atoms with Gasteiger partial charge in [0.1, 0.15) is 18.1 Å². The number of ether oxygens (including phenoxy) is 1. The molecule has 0 bridgehead atoms. The average Bonchev–Trinajstić information content (AvgIpc) is 2.67. The van der Waals surface area contributed by atoms with Gasteiger partial charge < -0.3 is 10.1 Å². The molecule has 0 aliphatic carbocycles. The predicted octanol–water partition coefficient (Wildman–Crippen LogP) is 3.58. The number of hydrogen-bond acceptors (Lipinski definition) is 5. The van der Waals surface area contributed by atoms with Crippen LogP contribution in [0.1, 0.15) is 37.0 Å². The Bertz CT molecular complexity index is 914. The summed E-state index contributed by atoms with van der Waals surface area (Å²) >= 11 is 3.28. The van der Waals surface area contributed by atoms with Gasteiger partial charge in [-0.2, -0.15) is 0 Å². The molecule has 1 aliphatic heterocycles. The Hall–Kier alpha value is -2.74. The number of Topliss-reactive ketones (excluding diaryl/α,β-unsaturated/α-hetero) is 1. The molecule has 8 heteroatoms. The molecule has 0 radical (unpaired) electrons. The number of ketones is 1. The van der Waals surface area contributed by atoms with Gasteiger partial charge in [-0.3, -0.25) is 19.3 Å². The van der Waals surface area contributed by atoms with E-state index in [1.165, 1.54) is 4.90 Å². The summed E-state index contributed by atoms with van der Waals surface area (Å²) in [4.78, 5) is 42.8. The lowest BCUT2D eigenvalue weighted by molar-refractivity contribution is -0.127. The predicted molar refractivity (Wildman–Crippen MR) is 109 cm³/mol. The van der Waals surface area contributed by atoms with E-state index >= 15 is 0 Å². The molecule has 2 heterocycles. The number of benzene rings is 1. The van der Waals surface area contributed by atoms with Crippen molar-refractivity contribution in [3.63, 3.8) is 0 Å². The molecular weight excluding hydrogens is 426 g/mol. The number of amides is 2. The lowest BCUT2D eigenvalue weighted by atomic mass is 10.0. The van der Waals surface area contributed by atoms with E-state index in [0.29, 0.717) is 29.2 Å². The van der Waals surface area contributed by atoms with Crippen LogP contribution >= 0.6 is 15.9 Å². The molecule has 1 aliphatic rings. The van der Waals surface area contributed by atoms with Gasteiger partial charge in [-0.25, -0.2) is 4.98 Å². The highest BCUT2D eigenvalue weighted by Crippen LogP contribution is 2.35. The first-order chi connectivity index (χ1) is 13.4. The van der Waals surface area contributed by atoms with Gasteiger partial charge in [0.05, 0.1) is 5.69 Å². The van der Waals surface area contributed by atoms with Crippen LogP contribution in [0.2, 0.25) is 0 Å². The first-order valence-corrected chi connectivity index (χ1v) is 9.75. The first kappa shape index (κ1) is 20.0. The Morgan fingerprint density at radius 2 is 2.07 bits per heavy atom. The molecule has 0 saturated heterocycles. The largest absolute Gasteiger partial charge is 0.479 e. The van der Waals surface area contributed by atoms with Gasteiger partial charge >= 0.3 is 0 Å². The summed E-state index contributed by atoms with van der Waals surface area (Å²) in [6, 6.07) is 8.38. The van der Waals surface area contributed by atoms with Gasteiger partial charge in [0.25, 0.3) is 5.91 Å². The van der Waals surface area contributed by atoms with Gasteiger partial charge in [-0.05, 0) is 59.6 Å². The SMILES string of the molecule is CCCC(=O)c1ccc2c(c1)N(CC(=O)Nc1ccc(Br)cn1)C(=O)C(C)O2. The highest BCUT2D eigenvalue weighted by atomic mass is 79.9. The fourth-order valence-electron chi connectivity index (χ4n) is 2.89. The van der Waals surface area contributed by atoms with Crippen molar-refractivity contribution < 1.29 is 19.1 Å². The summed E-state index contributed by atoms with van der Waals surface area (Å²) in [5.74, 6) is 0.101. The Balaban J connectivity index is 1.84. The van der Waals surface area contributed by atoms with Crippen molar-refractivity contribution in [2.24, 2.45) is 0 Å². The molecule has 0 fully saturated rings. The summed E-state index contributed by atoms with van der Waals surface area (Å²) in [6.07, 6.45) is 2.00. The molecule has 1 unspecified atom stereocenters. The van der Waals surface area contributed by atoms with Crippen LogP contribution in [-0.4, -0.2) is 35.2 Å². The minimum atomic E-state index is -0.719. The second kappa shape index (κ2) is 8.52. The fraction of sp³-hybridized carbons (Fsp3) is 0.300. The van der Waals surface area contributed by atoms with Crippen molar-refractivity contribution in [1.29, 1.82) is 0 Å². The van der Waals surface area contributed by atoms with E-state index in [1.807, 2.05) is 6.92 Å². The van der Waals surface area contributed by atoms with E-state index in [1.54, 1.807) is 43.5 Å². The first-order valence-electron chi connectivity index (χ1n) is 8.95. The summed E-state index contributed by atoms with van der Waals surface area (Å²) in [5.41, 5.74) is 0.913. The number of rotatable bonds is 6. The molecule has 1 aromatic carbocycles. The number of anilines is 2. The number of aromatic nitrogens is 1. The standard InChI is InChI=1S/C20H20BrN3O4/c1-3-4-16(25)13-5-7-17-15(9-13)24(20(27)12(2)28-17)11-19(26)23-18-8-6-14(21)10-22-18/h5-10,12H,3-4,11H2,1-2H3,(H,22,23,26).